The molecular weight excluding hydrogens is 583 g/mol. The van der Waals surface area contributed by atoms with Gasteiger partial charge in [0.1, 0.15) is 20.2 Å². The zero-order chi connectivity index (χ0) is 18.7. The van der Waals surface area contributed by atoms with E-state index in [2.05, 4.69) is 0 Å². The van der Waals surface area contributed by atoms with Crippen molar-refractivity contribution in [1.82, 2.24) is 0 Å². The molecule has 2 rings (SSSR count). The molecule has 2 aromatic carbocycles. The third kappa shape index (κ3) is 8.69. The average molecular weight is 589 g/mol. The van der Waals surface area contributed by atoms with Crippen LogP contribution in [0.5, 0.6) is 0 Å². The van der Waals surface area contributed by atoms with E-state index >= 15 is 0 Å². The molecule has 25 heavy (non-hydrogen) atoms. The summed E-state index contributed by atoms with van der Waals surface area (Å²) in [5.41, 5.74) is 0. The van der Waals surface area contributed by atoms with Crippen molar-refractivity contribution in [3.8, 4) is 0 Å². The molecule has 0 heterocycles. The van der Waals surface area contributed by atoms with E-state index in [1.54, 1.807) is 0 Å². The Morgan fingerprint density at radius 1 is 0.600 bits per heavy atom. The topological polar surface area (TPSA) is 114 Å². The fourth-order valence-electron chi connectivity index (χ4n) is 1.26. The van der Waals surface area contributed by atoms with Gasteiger partial charge in [-0.1, -0.05) is 46.4 Å². The molecule has 0 saturated carbocycles. The summed E-state index contributed by atoms with van der Waals surface area (Å²) in [5, 5.41) is 0.523. The maximum atomic E-state index is 10.4. The summed E-state index contributed by atoms with van der Waals surface area (Å²) in [6.07, 6.45) is 0. The van der Waals surface area contributed by atoms with Gasteiger partial charge in [-0.3, -0.25) is 0 Å². The summed E-state index contributed by atoms with van der Waals surface area (Å²) in [4.78, 5) is -0.756. The Kier molecular flexibility index (Phi) is 10.9. The second-order valence-electron chi connectivity index (χ2n) is 4.06. The molecule has 0 aliphatic heterocycles. The Labute approximate surface area is 205 Å². The smallest absolute Gasteiger partial charge is 0.744 e. The summed E-state index contributed by atoms with van der Waals surface area (Å²) in [6.45, 7) is 0. The minimum absolute atomic E-state index is 0. The summed E-state index contributed by atoms with van der Waals surface area (Å²) in [6, 6.07) is 6.77. The summed E-state index contributed by atoms with van der Waals surface area (Å²) in [5.74, 6) is 0. The Morgan fingerprint density at radius 3 is 1.08 bits per heavy atom. The van der Waals surface area contributed by atoms with Gasteiger partial charge in [0.25, 0.3) is 0 Å². The number of halogens is 4. The van der Waals surface area contributed by atoms with Crippen molar-refractivity contribution in [3.63, 3.8) is 0 Å². The maximum Gasteiger partial charge on any atom is 2.00 e. The predicted molar refractivity (Wildman–Crippen MR) is 94.6 cm³/mol. The third-order valence-corrected chi connectivity index (χ3v) is 5.50. The molecule has 0 N–H and O–H groups in total. The second-order valence-corrected chi connectivity index (χ2v) is 8.45. The van der Waals surface area contributed by atoms with Gasteiger partial charge < -0.3 is 9.11 Å². The molecule has 0 fully saturated rings. The molecule has 0 bridgehead atoms. The summed E-state index contributed by atoms with van der Waals surface area (Å²) >= 11 is 22.0. The number of rotatable bonds is 2. The SMILES string of the molecule is O=S(=O)([O-])c1ccc(Cl)c(Cl)c1.O=S(=O)([O-])c1ccc(Cl)c(Cl)c1.[Ba+2]. The van der Waals surface area contributed by atoms with Gasteiger partial charge in [-0.25, -0.2) is 16.8 Å². The molecule has 0 atom stereocenters. The molecule has 0 saturated heterocycles. The maximum absolute atomic E-state index is 10.4. The van der Waals surface area contributed by atoms with E-state index in [1.807, 2.05) is 0 Å². The van der Waals surface area contributed by atoms with Crippen molar-refractivity contribution < 1.29 is 25.9 Å². The first-order valence-corrected chi connectivity index (χ1v) is 9.97. The Hall–Kier alpha value is 0.991. The van der Waals surface area contributed by atoms with Crippen LogP contribution in [0.2, 0.25) is 20.1 Å². The van der Waals surface area contributed by atoms with E-state index in [4.69, 9.17) is 46.4 Å². The van der Waals surface area contributed by atoms with E-state index in [-0.39, 0.29) is 78.8 Å². The zero-order valence-corrected chi connectivity index (χ0v) is 21.0. The number of benzene rings is 2. The molecule has 0 unspecified atom stereocenters. The third-order valence-electron chi connectivity index (χ3n) is 2.36. The standard InChI is InChI=1S/2C6H4Cl2O3S.Ba/c2*7-5-2-1-4(3-6(5)8)12(9,10)11;/h2*1-3H,(H,9,10,11);/q;;+2/p-2. The summed E-state index contributed by atoms with van der Waals surface area (Å²) < 4.78 is 62.6. The second kappa shape index (κ2) is 10.5. The van der Waals surface area contributed by atoms with Crippen LogP contribution >= 0.6 is 46.4 Å². The molecule has 0 amide bonds. The molecular formula is C12H6BaCl4O6S2. The van der Waals surface area contributed by atoms with E-state index < -0.39 is 20.2 Å². The number of hydrogen-bond donors (Lipinski definition) is 0. The predicted octanol–water partition coefficient (Wildman–Crippen LogP) is 3.41. The average Bonchev–Trinajstić information content (AvgIpc) is 2.43. The molecule has 0 spiro atoms. The largest absolute Gasteiger partial charge is 2.00 e. The minimum atomic E-state index is -4.44. The van der Waals surface area contributed by atoms with Crippen LogP contribution in [0.15, 0.2) is 46.2 Å². The van der Waals surface area contributed by atoms with Gasteiger partial charge in [-0.2, -0.15) is 0 Å². The quantitative estimate of drug-likeness (QED) is 0.392. The van der Waals surface area contributed by atoms with Crippen LogP contribution in [0, 0.1) is 0 Å². The fourth-order valence-corrected chi connectivity index (χ4v) is 2.98. The van der Waals surface area contributed by atoms with Crippen molar-refractivity contribution >= 4 is 116 Å². The molecule has 0 aromatic heterocycles. The van der Waals surface area contributed by atoms with Crippen molar-refractivity contribution in [2.75, 3.05) is 0 Å². The van der Waals surface area contributed by atoms with Gasteiger partial charge >= 0.3 is 48.9 Å². The van der Waals surface area contributed by atoms with Gasteiger partial charge in [-0.05, 0) is 36.4 Å². The first-order valence-electron chi connectivity index (χ1n) is 5.64. The van der Waals surface area contributed by atoms with Gasteiger partial charge in [0.05, 0.1) is 29.9 Å². The molecule has 2 aromatic rings. The van der Waals surface area contributed by atoms with Gasteiger partial charge in [0, 0.05) is 0 Å². The molecule has 6 nitrogen and oxygen atoms in total. The van der Waals surface area contributed by atoms with Crippen molar-refractivity contribution in [2.45, 2.75) is 9.79 Å². The van der Waals surface area contributed by atoms with Gasteiger partial charge in [-0.15, -0.1) is 0 Å². The molecule has 0 aliphatic carbocycles. The van der Waals surface area contributed by atoms with Crippen LogP contribution in [-0.2, 0) is 20.2 Å². The summed E-state index contributed by atoms with van der Waals surface area (Å²) in [7, 11) is -8.87. The van der Waals surface area contributed by atoms with E-state index in [0.29, 0.717) is 0 Å². The van der Waals surface area contributed by atoms with Crippen LogP contribution < -0.4 is 0 Å². The fraction of sp³-hybridized carbons (Fsp3) is 0. The minimum Gasteiger partial charge on any atom is -0.744 e. The van der Waals surface area contributed by atoms with Crippen molar-refractivity contribution in [3.05, 3.63) is 56.5 Å². The van der Waals surface area contributed by atoms with Crippen molar-refractivity contribution in [2.24, 2.45) is 0 Å². The van der Waals surface area contributed by atoms with E-state index in [1.165, 1.54) is 12.1 Å². The van der Waals surface area contributed by atoms with E-state index in [9.17, 15) is 25.9 Å². The van der Waals surface area contributed by atoms with Crippen LogP contribution in [0.1, 0.15) is 0 Å². The molecule has 13 heteroatoms. The van der Waals surface area contributed by atoms with Crippen LogP contribution in [-0.4, -0.2) is 74.8 Å². The van der Waals surface area contributed by atoms with Crippen molar-refractivity contribution in [1.29, 1.82) is 0 Å². The van der Waals surface area contributed by atoms with E-state index in [0.717, 1.165) is 24.3 Å². The van der Waals surface area contributed by atoms with Crippen LogP contribution in [0.4, 0.5) is 0 Å². The Balaban J connectivity index is 0.000000443. The Bertz CT molecular complexity index is 884. The zero-order valence-electron chi connectivity index (χ0n) is 11.9. The molecule has 0 aliphatic rings. The molecule has 132 valence electrons. The first kappa shape index (κ1) is 26.0. The van der Waals surface area contributed by atoms with Gasteiger partial charge in [0.15, 0.2) is 0 Å². The van der Waals surface area contributed by atoms with Crippen LogP contribution in [0.3, 0.4) is 0 Å². The monoisotopic (exact) mass is 588 g/mol. The Morgan fingerprint density at radius 2 is 0.880 bits per heavy atom. The number of hydrogen-bond acceptors (Lipinski definition) is 6. The van der Waals surface area contributed by atoms with Gasteiger partial charge in [0.2, 0.25) is 0 Å². The molecule has 0 radical (unpaired) electrons. The normalized spacial score (nSPS) is 11.1. The van der Waals surface area contributed by atoms with Crippen LogP contribution in [0.25, 0.3) is 0 Å². The first-order chi connectivity index (χ1) is 10.8.